The molecule has 0 unspecified atom stereocenters. The fraction of sp³-hybridized carbons (Fsp3) is 0.200. The summed E-state index contributed by atoms with van der Waals surface area (Å²) >= 11 is 5.54. The molecular weight excluding hydrogens is 251 g/mol. The topological polar surface area (TPSA) is 9.23 Å². The minimum Gasteiger partial charge on any atom is -0.497 e. The van der Waals surface area contributed by atoms with Crippen LogP contribution in [0.2, 0.25) is 0 Å². The second kappa shape index (κ2) is 7.02. The molecule has 0 amide bonds. The van der Waals surface area contributed by atoms with Crippen LogP contribution in [0.5, 0.6) is 5.75 Å². The normalized spacial score (nSPS) is 13.7. The molecule has 0 aromatic heterocycles. The van der Waals surface area contributed by atoms with Crippen LogP contribution in [0.25, 0.3) is 6.08 Å². The Morgan fingerprint density at radius 3 is 2.33 bits per heavy atom. The van der Waals surface area contributed by atoms with E-state index in [2.05, 4.69) is 0 Å². The highest BCUT2D eigenvalue weighted by atomic mass is 35.5. The zero-order valence-electron chi connectivity index (χ0n) is 10.7. The highest BCUT2D eigenvalue weighted by Gasteiger charge is 1.95. The van der Waals surface area contributed by atoms with Crippen LogP contribution in [0.15, 0.2) is 52.8 Å². The molecule has 0 heterocycles. The lowest BCUT2D eigenvalue weighted by atomic mass is 10.1. The summed E-state index contributed by atoms with van der Waals surface area (Å²) in [6, 6.07) is 7.62. The van der Waals surface area contributed by atoms with Crippen molar-refractivity contribution in [3.8, 4) is 5.75 Å². The summed E-state index contributed by atoms with van der Waals surface area (Å²) in [5.74, 6) is 0.403. The fourth-order valence-corrected chi connectivity index (χ4v) is 1.34. The van der Waals surface area contributed by atoms with E-state index >= 15 is 0 Å². The summed E-state index contributed by atoms with van der Waals surface area (Å²) in [7, 11) is 1.63. The van der Waals surface area contributed by atoms with Crippen molar-refractivity contribution in [2.75, 3.05) is 7.11 Å². The van der Waals surface area contributed by atoms with Crippen molar-refractivity contribution in [3.05, 3.63) is 58.4 Å². The summed E-state index contributed by atoms with van der Waals surface area (Å²) in [4.78, 5) is 0. The third-order valence-corrected chi connectivity index (χ3v) is 2.52. The highest BCUT2D eigenvalue weighted by Crippen LogP contribution is 2.16. The molecule has 96 valence electrons. The summed E-state index contributed by atoms with van der Waals surface area (Å²) in [5.41, 5.74) is 1.82. The van der Waals surface area contributed by atoms with E-state index < -0.39 is 5.83 Å². The zero-order valence-corrected chi connectivity index (χ0v) is 11.5. The van der Waals surface area contributed by atoms with Crippen LogP contribution in [0, 0.1) is 0 Å². The number of hydrogen-bond donors (Lipinski definition) is 0. The van der Waals surface area contributed by atoms with Crippen LogP contribution in [0.3, 0.4) is 0 Å². The molecule has 0 aliphatic heterocycles. The predicted octanol–water partition coefficient (Wildman–Crippen LogP) is 5.09. The van der Waals surface area contributed by atoms with Gasteiger partial charge in [-0.3, -0.25) is 0 Å². The Morgan fingerprint density at radius 1 is 1.22 bits per heavy atom. The Hall–Kier alpha value is -1.54. The second-order valence-corrected chi connectivity index (χ2v) is 4.44. The van der Waals surface area contributed by atoms with Gasteiger partial charge in [-0.1, -0.05) is 35.9 Å². The maximum Gasteiger partial charge on any atom is 0.137 e. The molecule has 1 nitrogen and oxygen atoms in total. The summed E-state index contributed by atoms with van der Waals surface area (Å²) < 4.78 is 18.3. The van der Waals surface area contributed by atoms with Crippen LogP contribution in [-0.2, 0) is 0 Å². The number of allylic oxidation sites excluding steroid dienone is 5. The molecule has 1 aromatic rings. The van der Waals surface area contributed by atoms with Gasteiger partial charge in [-0.2, -0.15) is 0 Å². The molecule has 0 N–H and O–H groups in total. The maximum absolute atomic E-state index is 13.2. The molecule has 0 spiro atoms. The lowest BCUT2D eigenvalue weighted by Crippen LogP contribution is -1.81. The van der Waals surface area contributed by atoms with Gasteiger partial charge in [-0.05, 0) is 43.2 Å². The van der Waals surface area contributed by atoms with Crippen LogP contribution in [-0.4, -0.2) is 7.11 Å². The van der Waals surface area contributed by atoms with E-state index in [4.69, 9.17) is 16.3 Å². The molecule has 0 radical (unpaired) electrons. The van der Waals surface area contributed by atoms with Gasteiger partial charge in [0.1, 0.15) is 11.6 Å². The van der Waals surface area contributed by atoms with E-state index in [1.54, 1.807) is 7.11 Å². The van der Waals surface area contributed by atoms with Gasteiger partial charge in [0.2, 0.25) is 0 Å². The Balaban J connectivity index is 2.77. The Kier molecular flexibility index (Phi) is 5.66. The van der Waals surface area contributed by atoms with E-state index in [9.17, 15) is 4.39 Å². The van der Waals surface area contributed by atoms with E-state index in [0.29, 0.717) is 0 Å². The monoisotopic (exact) mass is 266 g/mol. The van der Waals surface area contributed by atoms with Gasteiger partial charge < -0.3 is 4.74 Å². The summed E-state index contributed by atoms with van der Waals surface area (Å²) in [6.07, 6.45) is 5.14. The molecule has 0 aliphatic carbocycles. The quantitative estimate of drug-likeness (QED) is 0.690. The smallest absolute Gasteiger partial charge is 0.137 e. The molecule has 1 aromatic carbocycles. The van der Waals surface area contributed by atoms with Crippen LogP contribution in [0.4, 0.5) is 4.39 Å². The summed E-state index contributed by atoms with van der Waals surface area (Å²) in [5, 5.41) is 0.159. The van der Waals surface area contributed by atoms with Crippen LogP contribution in [0.1, 0.15) is 19.4 Å². The fourth-order valence-electron chi connectivity index (χ4n) is 1.29. The van der Waals surface area contributed by atoms with E-state index in [1.165, 1.54) is 13.0 Å². The SMILES string of the molecule is COc1ccc(/C=C/C(C)=C/C(F)=C(\C)Cl)cc1. The first-order valence-electron chi connectivity index (χ1n) is 5.55. The largest absolute Gasteiger partial charge is 0.497 e. The van der Waals surface area contributed by atoms with Gasteiger partial charge in [-0.25, -0.2) is 4.39 Å². The summed E-state index contributed by atoms with van der Waals surface area (Å²) in [6.45, 7) is 3.34. The Bertz CT molecular complexity index is 480. The average Bonchev–Trinajstić information content (AvgIpc) is 2.36. The van der Waals surface area contributed by atoms with Crippen molar-refractivity contribution in [3.63, 3.8) is 0 Å². The van der Waals surface area contributed by atoms with E-state index in [-0.39, 0.29) is 5.03 Å². The molecule has 18 heavy (non-hydrogen) atoms. The van der Waals surface area contributed by atoms with Crippen molar-refractivity contribution in [2.45, 2.75) is 13.8 Å². The van der Waals surface area contributed by atoms with Gasteiger partial charge in [0.05, 0.1) is 12.1 Å². The first-order chi connectivity index (χ1) is 8.52. The number of methoxy groups -OCH3 is 1. The standard InChI is InChI=1S/C15H16ClFO/c1-11(10-15(17)12(2)16)4-5-13-6-8-14(18-3)9-7-13/h4-10H,1-3H3/b5-4+,11-10+,15-12-. The molecule has 0 saturated heterocycles. The van der Waals surface area contributed by atoms with Crippen LogP contribution >= 0.6 is 11.6 Å². The zero-order chi connectivity index (χ0) is 13.5. The van der Waals surface area contributed by atoms with Crippen molar-refractivity contribution in [2.24, 2.45) is 0 Å². The molecular formula is C15H16ClFO. The molecule has 0 saturated carbocycles. The molecule has 0 fully saturated rings. The number of benzene rings is 1. The average molecular weight is 267 g/mol. The first-order valence-corrected chi connectivity index (χ1v) is 5.93. The number of halogens is 2. The molecule has 0 aliphatic rings. The number of rotatable bonds is 4. The van der Waals surface area contributed by atoms with Gasteiger partial charge in [0.15, 0.2) is 0 Å². The third-order valence-electron chi connectivity index (χ3n) is 2.34. The molecule has 1 rings (SSSR count). The molecule has 0 atom stereocenters. The number of hydrogen-bond acceptors (Lipinski definition) is 1. The van der Waals surface area contributed by atoms with Crippen molar-refractivity contribution in [1.29, 1.82) is 0 Å². The van der Waals surface area contributed by atoms with Gasteiger partial charge in [-0.15, -0.1) is 0 Å². The lowest BCUT2D eigenvalue weighted by Gasteiger charge is -1.99. The van der Waals surface area contributed by atoms with Crippen molar-refractivity contribution >= 4 is 17.7 Å². The van der Waals surface area contributed by atoms with E-state index in [1.807, 2.05) is 43.3 Å². The van der Waals surface area contributed by atoms with Crippen molar-refractivity contribution < 1.29 is 9.13 Å². The lowest BCUT2D eigenvalue weighted by molar-refractivity contribution is 0.415. The predicted molar refractivity (Wildman–Crippen MR) is 75.4 cm³/mol. The van der Waals surface area contributed by atoms with Crippen molar-refractivity contribution in [1.82, 2.24) is 0 Å². The van der Waals surface area contributed by atoms with Gasteiger partial charge in [0.25, 0.3) is 0 Å². The Morgan fingerprint density at radius 2 is 1.83 bits per heavy atom. The minimum absolute atomic E-state index is 0.159. The second-order valence-electron chi connectivity index (χ2n) is 3.88. The third kappa shape index (κ3) is 4.76. The first kappa shape index (κ1) is 14.5. The Labute approximate surface area is 112 Å². The number of ether oxygens (including phenoxy) is 1. The van der Waals surface area contributed by atoms with Gasteiger partial charge >= 0.3 is 0 Å². The van der Waals surface area contributed by atoms with E-state index in [0.717, 1.165) is 16.9 Å². The van der Waals surface area contributed by atoms with Gasteiger partial charge in [0, 0.05) is 0 Å². The highest BCUT2D eigenvalue weighted by molar-refractivity contribution is 6.29. The van der Waals surface area contributed by atoms with Crippen LogP contribution < -0.4 is 4.74 Å². The molecule has 0 bridgehead atoms. The minimum atomic E-state index is -0.409. The molecule has 3 heteroatoms. The maximum atomic E-state index is 13.2.